The summed E-state index contributed by atoms with van der Waals surface area (Å²) >= 11 is 1.94. The van der Waals surface area contributed by atoms with E-state index < -0.39 is 0 Å². The molecule has 1 aromatic heterocycles. The molecule has 2 heterocycles. The fraction of sp³-hybridized carbons (Fsp3) is 0.565. The molecule has 3 nitrogen and oxygen atoms in total. The van der Waals surface area contributed by atoms with Crippen LogP contribution in [0, 0.1) is 12.3 Å². The zero-order chi connectivity index (χ0) is 18.3. The Hall–Kier alpha value is -1.55. The molecule has 0 atom stereocenters. The van der Waals surface area contributed by atoms with Crippen LogP contribution in [0.1, 0.15) is 55.3 Å². The first-order valence-electron chi connectivity index (χ1n) is 10.5. The second-order valence-corrected chi connectivity index (χ2v) is 10.1. The molecule has 4 heteroatoms. The van der Waals surface area contributed by atoms with Crippen LogP contribution in [0.2, 0.25) is 0 Å². The smallest absolute Gasteiger partial charge is 0.150 e. The van der Waals surface area contributed by atoms with E-state index in [1.165, 1.54) is 51.4 Å². The van der Waals surface area contributed by atoms with Crippen LogP contribution in [-0.2, 0) is 12.8 Å². The van der Waals surface area contributed by atoms with Crippen molar-refractivity contribution < 1.29 is 0 Å². The second kappa shape index (κ2) is 7.12. The molecule has 27 heavy (non-hydrogen) atoms. The van der Waals surface area contributed by atoms with Crippen molar-refractivity contribution in [2.24, 2.45) is 5.41 Å². The molecule has 0 radical (unpaired) electrons. The Kier molecular flexibility index (Phi) is 4.63. The van der Waals surface area contributed by atoms with Gasteiger partial charge in [0.15, 0.2) is 0 Å². The predicted molar refractivity (Wildman–Crippen MR) is 113 cm³/mol. The van der Waals surface area contributed by atoms with E-state index in [0.29, 0.717) is 5.41 Å². The Labute approximate surface area is 167 Å². The first-order chi connectivity index (χ1) is 13.2. The number of benzene rings is 1. The monoisotopic (exact) mass is 379 g/mol. The number of piperidine rings is 1. The highest BCUT2D eigenvalue weighted by Gasteiger charge is 2.40. The Balaban J connectivity index is 1.25. The SMILES string of the molecule is Cc1nc(SC2CCCC2)cnc1N1CCC2(CC1)Cc1ccccc1C2. The summed E-state index contributed by atoms with van der Waals surface area (Å²) in [6.45, 7) is 4.36. The first-order valence-corrected chi connectivity index (χ1v) is 11.4. The molecule has 0 unspecified atom stereocenters. The van der Waals surface area contributed by atoms with E-state index in [4.69, 9.17) is 9.97 Å². The first kappa shape index (κ1) is 17.5. The molecule has 0 bridgehead atoms. The number of aromatic nitrogens is 2. The van der Waals surface area contributed by atoms with Crippen molar-refractivity contribution in [3.63, 3.8) is 0 Å². The van der Waals surface area contributed by atoms with Gasteiger partial charge in [-0.1, -0.05) is 37.1 Å². The third-order valence-electron chi connectivity index (χ3n) is 6.86. The minimum Gasteiger partial charge on any atom is -0.355 e. The lowest BCUT2D eigenvalue weighted by Gasteiger charge is -2.40. The van der Waals surface area contributed by atoms with Crippen molar-refractivity contribution in [2.75, 3.05) is 18.0 Å². The van der Waals surface area contributed by atoms with Crippen LogP contribution in [0.15, 0.2) is 35.5 Å². The van der Waals surface area contributed by atoms with Gasteiger partial charge in [0.25, 0.3) is 0 Å². The van der Waals surface area contributed by atoms with Crippen molar-refractivity contribution in [1.29, 1.82) is 0 Å². The van der Waals surface area contributed by atoms with Gasteiger partial charge in [-0.3, -0.25) is 0 Å². The van der Waals surface area contributed by atoms with Gasteiger partial charge in [0.2, 0.25) is 0 Å². The van der Waals surface area contributed by atoms with Gasteiger partial charge in [-0.05, 0) is 62.0 Å². The summed E-state index contributed by atoms with van der Waals surface area (Å²) in [4.78, 5) is 12.2. The maximum absolute atomic E-state index is 4.89. The average Bonchev–Trinajstić information content (AvgIpc) is 3.30. The number of fused-ring (bicyclic) bond motifs is 1. The number of thioether (sulfide) groups is 1. The summed E-state index contributed by atoms with van der Waals surface area (Å²) in [5.41, 5.74) is 4.74. The van der Waals surface area contributed by atoms with E-state index in [1.807, 2.05) is 18.0 Å². The summed E-state index contributed by atoms with van der Waals surface area (Å²) in [7, 11) is 0. The Morgan fingerprint density at radius 2 is 1.70 bits per heavy atom. The Bertz CT molecular complexity index is 793. The molecule has 1 saturated carbocycles. The van der Waals surface area contributed by atoms with E-state index >= 15 is 0 Å². The second-order valence-electron chi connectivity index (χ2n) is 8.75. The molecule has 1 aliphatic heterocycles. The van der Waals surface area contributed by atoms with Crippen molar-refractivity contribution in [1.82, 2.24) is 9.97 Å². The summed E-state index contributed by atoms with van der Waals surface area (Å²) in [5.74, 6) is 1.11. The van der Waals surface area contributed by atoms with Crippen LogP contribution in [0.25, 0.3) is 0 Å². The summed E-state index contributed by atoms with van der Waals surface area (Å²) in [5, 5.41) is 1.87. The molecule has 1 aromatic carbocycles. The van der Waals surface area contributed by atoms with E-state index in [0.717, 1.165) is 34.9 Å². The van der Waals surface area contributed by atoms with Gasteiger partial charge in [0.05, 0.1) is 11.9 Å². The maximum atomic E-state index is 4.89. The molecule has 2 aromatic rings. The zero-order valence-electron chi connectivity index (χ0n) is 16.3. The molecule has 142 valence electrons. The van der Waals surface area contributed by atoms with E-state index in [1.54, 1.807) is 11.1 Å². The van der Waals surface area contributed by atoms with Gasteiger partial charge in [0.1, 0.15) is 10.8 Å². The topological polar surface area (TPSA) is 29.0 Å². The molecule has 0 amide bonds. The zero-order valence-corrected chi connectivity index (χ0v) is 17.1. The number of hydrogen-bond acceptors (Lipinski definition) is 4. The van der Waals surface area contributed by atoms with Crippen LogP contribution >= 0.6 is 11.8 Å². The van der Waals surface area contributed by atoms with Crippen LogP contribution in [0.5, 0.6) is 0 Å². The number of nitrogens with zero attached hydrogens (tertiary/aromatic N) is 3. The molecular formula is C23H29N3S. The molecule has 3 aliphatic rings. The minimum atomic E-state index is 0.486. The molecule has 5 rings (SSSR count). The quantitative estimate of drug-likeness (QED) is 0.732. The predicted octanol–water partition coefficient (Wildman–Crippen LogP) is 5.21. The molecule has 2 aliphatic carbocycles. The van der Waals surface area contributed by atoms with Crippen LogP contribution < -0.4 is 4.90 Å². The van der Waals surface area contributed by atoms with Crippen molar-refractivity contribution >= 4 is 17.6 Å². The van der Waals surface area contributed by atoms with Crippen LogP contribution in [0.3, 0.4) is 0 Å². The van der Waals surface area contributed by atoms with E-state index in [-0.39, 0.29) is 0 Å². The highest BCUT2D eigenvalue weighted by Crippen LogP contribution is 2.45. The van der Waals surface area contributed by atoms with Crippen LogP contribution in [-0.4, -0.2) is 28.3 Å². The summed E-state index contributed by atoms with van der Waals surface area (Å²) in [6, 6.07) is 9.04. The molecular weight excluding hydrogens is 350 g/mol. The van der Waals surface area contributed by atoms with E-state index in [9.17, 15) is 0 Å². The standard InChI is InChI=1S/C23H29N3S/c1-17-22(24-16-21(25-17)27-20-8-4-5-9-20)26-12-10-23(11-13-26)14-18-6-2-3-7-19(18)15-23/h2-3,6-7,16,20H,4-5,8-15H2,1H3. The largest absolute Gasteiger partial charge is 0.355 e. The highest BCUT2D eigenvalue weighted by atomic mass is 32.2. The van der Waals surface area contributed by atoms with Crippen LogP contribution in [0.4, 0.5) is 5.82 Å². The molecule has 0 N–H and O–H groups in total. The van der Waals surface area contributed by atoms with Gasteiger partial charge < -0.3 is 4.90 Å². The van der Waals surface area contributed by atoms with Gasteiger partial charge >= 0.3 is 0 Å². The third-order valence-corrected chi connectivity index (χ3v) is 8.10. The number of aryl methyl sites for hydroxylation is 1. The number of hydrogen-bond donors (Lipinski definition) is 0. The average molecular weight is 380 g/mol. The minimum absolute atomic E-state index is 0.486. The summed E-state index contributed by atoms with van der Waals surface area (Å²) in [6.07, 6.45) is 12.5. The lowest BCUT2D eigenvalue weighted by molar-refractivity contribution is 0.232. The van der Waals surface area contributed by atoms with Gasteiger partial charge in [-0.2, -0.15) is 0 Å². The Morgan fingerprint density at radius 3 is 2.33 bits per heavy atom. The lowest BCUT2D eigenvalue weighted by atomic mass is 9.76. The molecule has 2 fully saturated rings. The lowest BCUT2D eigenvalue weighted by Crippen LogP contribution is -2.41. The van der Waals surface area contributed by atoms with Gasteiger partial charge in [-0.15, -0.1) is 11.8 Å². The van der Waals surface area contributed by atoms with E-state index in [2.05, 4.69) is 36.1 Å². The highest BCUT2D eigenvalue weighted by molar-refractivity contribution is 7.99. The third kappa shape index (κ3) is 3.49. The van der Waals surface area contributed by atoms with Crippen molar-refractivity contribution in [2.45, 2.75) is 68.6 Å². The van der Waals surface area contributed by atoms with Crippen molar-refractivity contribution in [3.05, 3.63) is 47.3 Å². The normalized spacial score (nSPS) is 21.7. The number of rotatable bonds is 3. The number of anilines is 1. The maximum Gasteiger partial charge on any atom is 0.150 e. The molecule has 1 spiro atoms. The Morgan fingerprint density at radius 1 is 1.04 bits per heavy atom. The van der Waals surface area contributed by atoms with Crippen molar-refractivity contribution in [3.8, 4) is 0 Å². The van der Waals surface area contributed by atoms with Gasteiger partial charge in [0, 0.05) is 18.3 Å². The van der Waals surface area contributed by atoms with Gasteiger partial charge in [-0.25, -0.2) is 9.97 Å². The molecule has 1 saturated heterocycles. The fourth-order valence-corrected chi connectivity index (χ4v) is 6.53. The fourth-order valence-electron chi connectivity index (χ4n) is 5.32. The summed E-state index contributed by atoms with van der Waals surface area (Å²) < 4.78 is 0.